The fourth-order valence-electron chi connectivity index (χ4n) is 3.35. The summed E-state index contributed by atoms with van der Waals surface area (Å²) in [5.41, 5.74) is 0.686. The van der Waals surface area contributed by atoms with Crippen LogP contribution in [0.4, 0.5) is 15.8 Å². The summed E-state index contributed by atoms with van der Waals surface area (Å²) in [6, 6.07) is 9.23. The highest BCUT2D eigenvalue weighted by Gasteiger charge is 2.29. The van der Waals surface area contributed by atoms with Crippen LogP contribution in [0.1, 0.15) is 13.8 Å². The monoisotopic (exact) mass is 465 g/mol. The molecule has 2 N–H and O–H groups in total. The molecule has 8 nitrogen and oxygen atoms in total. The first-order valence-electron chi connectivity index (χ1n) is 10.3. The lowest BCUT2D eigenvalue weighted by molar-refractivity contribution is -0.118. The van der Waals surface area contributed by atoms with E-state index in [0.717, 1.165) is 0 Å². The molecule has 0 aliphatic carbocycles. The first-order chi connectivity index (χ1) is 15.2. The van der Waals surface area contributed by atoms with E-state index in [1.807, 2.05) is 4.90 Å². The van der Waals surface area contributed by atoms with E-state index in [-0.39, 0.29) is 16.5 Å². The average Bonchev–Trinajstić information content (AvgIpc) is 2.78. The van der Waals surface area contributed by atoms with Crippen molar-refractivity contribution in [1.29, 1.82) is 0 Å². The molecular formula is C22H28FN3O5S. The number of amides is 1. The van der Waals surface area contributed by atoms with Crippen molar-refractivity contribution in [1.82, 2.24) is 4.72 Å². The van der Waals surface area contributed by atoms with Gasteiger partial charge >= 0.3 is 0 Å². The molecule has 1 atom stereocenters. The van der Waals surface area contributed by atoms with Gasteiger partial charge in [-0.2, -0.15) is 4.72 Å². The van der Waals surface area contributed by atoms with Gasteiger partial charge in [0.15, 0.2) is 0 Å². The molecule has 2 aromatic carbocycles. The van der Waals surface area contributed by atoms with Crippen LogP contribution in [0.15, 0.2) is 47.4 Å². The predicted octanol–water partition coefficient (Wildman–Crippen LogP) is 2.61. The average molecular weight is 466 g/mol. The van der Waals surface area contributed by atoms with Gasteiger partial charge < -0.3 is 19.7 Å². The largest absolute Gasteiger partial charge is 0.497 e. The normalized spacial score (nSPS) is 15.5. The highest BCUT2D eigenvalue weighted by molar-refractivity contribution is 7.89. The maximum Gasteiger partial charge on any atom is 0.242 e. The van der Waals surface area contributed by atoms with Crippen LogP contribution < -0.4 is 19.7 Å². The molecule has 0 radical (unpaired) electrons. The first-order valence-corrected chi connectivity index (χ1v) is 11.8. The number of carbonyl (C=O) groups excluding carboxylic acids is 1. The number of nitrogens with one attached hydrogen (secondary N) is 2. The van der Waals surface area contributed by atoms with Crippen LogP contribution in [-0.2, 0) is 19.6 Å². The van der Waals surface area contributed by atoms with Crippen molar-refractivity contribution in [2.45, 2.75) is 24.8 Å². The summed E-state index contributed by atoms with van der Waals surface area (Å²) < 4.78 is 53.0. The van der Waals surface area contributed by atoms with Gasteiger partial charge in [0.2, 0.25) is 15.9 Å². The van der Waals surface area contributed by atoms with E-state index in [1.54, 1.807) is 26.0 Å². The van der Waals surface area contributed by atoms with Crippen LogP contribution in [-0.4, -0.2) is 53.8 Å². The third-order valence-corrected chi connectivity index (χ3v) is 6.62. The highest BCUT2D eigenvalue weighted by atomic mass is 32.2. The Morgan fingerprint density at radius 3 is 2.34 bits per heavy atom. The number of carbonyl (C=O) groups is 1. The van der Waals surface area contributed by atoms with E-state index in [2.05, 4.69) is 10.0 Å². The van der Waals surface area contributed by atoms with Gasteiger partial charge in [0, 0.05) is 18.8 Å². The second-order valence-corrected chi connectivity index (χ2v) is 9.49. The molecule has 0 unspecified atom stereocenters. The Bertz CT molecular complexity index is 1040. The second-order valence-electron chi connectivity index (χ2n) is 7.77. The van der Waals surface area contributed by atoms with Crippen LogP contribution in [0.25, 0.3) is 0 Å². The molecule has 0 bridgehead atoms. The molecule has 1 fully saturated rings. The van der Waals surface area contributed by atoms with E-state index in [4.69, 9.17) is 9.47 Å². The minimum absolute atomic E-state index is 0.0117. The number of hydrogen-bond donors (Lipinski definition) is 2. The fraction of sp³-hybridized carbons (Fsp3) is 0.409. The minimum atomic E-state index is -3.96. The Labute approximate surface area is 187 Å². The Morgan fingerprint density at radius 1 is 1.12 bits per heavy atom. The molecule has 2 aromatic rings. The van der Waals surface area contributed by atoms with Crippen LogP contribution in [0.5, 0.6) is 5.75 Å². The zero-order valence-electron chi connectivity index (χ0n) is 18.3. The van der Waals surface area contributed by atoms with E-state index >= 15 is 0 Å². The summed E-state index contributed by atoms with van der Waals surface area (Å²) in [6.07, 6.45) is 0. The van der Waals surface area contributed by atoms with Crippen molar-refractivity contribution in [2.24, 2.45) is 5.92 Å². The Hall–Kier alpha value is -2.69. The summed E-state index contributed by atoms with van der Waals surface area (Å²) in [7, 11) is -2.47. The van der Waals surface area contributed by atoms with Gasteiger partial charge in [-0.3, -0.25) is 4.79 Å². The number of benzene rings is 2. The van der Waals surface area contributed by atoms with Gasteiger partial charge in [-0.05, 0) is 48.4 Å². The van der Waals surface area contributed by atoms with Crippen molar-refractivity contribution < 1.29 is 27.1 Å². The third-order valence-electron chi connectivity index (χ3n) is 5.17. The number of hydrogen-bond acceptors (Lipinski definition) is 6. The van der Waals surface area contributed by atoms with Gasteiger partial charge in [-0.1, -0.05) is 13.8 Å². The molecule has 1 saturated heterocycles. The SMILES string of the molecule is COc1ccc(S(=O)(=O)N[C@H](C(=O)Nc2ccc(N3CCOCC3)c(F)c2)C(C)C)cc1. The van der Waals surface area contributed by atoms with Crippen molar-refractivity contribution >= 4 is 27.3 Å². The highest BCUT2D eigenvalue weighted by Crippen LogP contribution is 2.24. The van der Waals surface area contributed by atoms with Gasteiger partial charge in [0.05, 0.1) is 30.9 Å². The number of morpholine rings is 1. The number of nitrogens with zero attached hydrogens (tertiary/aromatic N) is 1. The summed E-state index contributed by atoms with van der Waals surface area (Å²) in [6.45, 7) is 5.69. The molecule has 1 heterocycles. The van der Waals surface area contributed by atoms with E-state index in [0.29, 0.717) is 37.7 Å². The molecule has 0 saturated carbocycles. The lowest BCUT2D eigenvalue weighted by Crippen LogP contribution is -2.47. The van der Waals surface area contributed by atoms with Crippen LogP contribution in [0, 0.1) is 11.7 Å². The maximum absolute atomic E-state index is 14.6. The number of halogens is 1. The van der Waals surface area contributed by atoms with Gasteiger partial charge in [0.1, 0.15) is 17.6 Å². The molecule has 1 aliphatic heterocycles. The number of sulfonamides is 1. The van der Waals surface area contributed by atoms with Gasteiger partial charge in [-0.15, -0.1) is 0 Å². The molecule has 0 aromatic heterocycles. The van der Waals surface area contributed by atoms with Crippen molar-refractivity contribution in [2.75, 3.05) is 43.6 Å². The maximum atomic E-state index is 14.6. The number of anilines is 2. The Kier molecular flexibility index (Phi) is 7.70. The zero-order chi connectivity index (χ0) is 23.3. The first kappa shape index (κ1) is 24.0. The lowest BCUT2D eigenvalue weighted by Gasteiger charge is -2.29. The van der Waals surface area contributed by atoms with E-state index in [1.165, 1.54) is 37.4 Å². The molecule has 3 rings (SSSR count). The molecule has 10 heteroatoms. The smallest absolute Gasteiger partial charge is 0.242 e. The number of rotatable bonds is 8. The van der Waals surface area contributed by atoms with Crippen molar-refractivity contribution in [3.63, 3.8) is 0 Å². The fourth-order valence-corrected chi connectivity index (χ4v) is 4.69. The topological polar surface area (TPSA) is 97.0 Å². The van der Waals surface area contributed by atoms with Crippen LogP contribution in [0.2, 0.25) is 0 Å². The van der Waals surface area contributed by atoms with Crippen molar-refractivity contribution in [3.05, 3.63) is 48.3 Å². The van der Waals surface area contributed by atoms with Gasteiger partial charge in [-0.25, -0.2) is 12.8 Å². The Morgan fingerprint density at radius 2 is 1.78 bits per heavy atom. The Balaban J connectivity index is 1.72. The molecule has 1 amide bonds. The second kappa shape index (κ2) is 10.3. The lowest BCUT2D eigenvalue weighted by atomic mass is 10.0. The minimum Gasteiger partial charge on any atom is -0.497 e. The summed E-state index contributed by atoms with van der Waals surface area (Å²) in [4.78, 5) is 14.7. The van der Waals surface area contributed by atoms with Crippen LogP contribution >= 0.6 is 0 Å². The summed E-state index contributed by atoms with van der Waals surface area (Å²) in [5.74, 6) is -0.870. The zero-order valence-corrected chi connectivity index (χ0v) is 19.1. The molecule has 174 valence electrons. The van der Waals surface area contributed by atoms with Gasteiger partial charge in [0.25, 0.3) is 0 Å². The third kappa shape index (κ3) is 5.76. The van der Waals surface area contributed by atoms with Crippen LogP contribution in [0.3, 0.4) is 0 Å². The molecule has 1 aliphatic rings. The van der Waals surface area contributed by atoms with E-state index in [9.17, 15) is 17.6 Å². The number of ether oxygens (including phenoxy) is 2. The summed E-state index contributed by atoms with van der Waals surface area (Å²) >= 11 is 0. The standard InChI is InChI=1S/C22H28FN3O5S/c1-15(2)21(25-32(28,29)18-7-5-17(30-3)6-8-18)22(27)24-16-4-9-20(19(23)14-16)26-10-12-31-13-11-26/h4-9,14-15,21,25H,10-13H2,1-3H3,(H,24,27)/t21-/m0/s1. The quantitative estimate of drug-likeness (QED) is 0.622. The van der Waals surface area contributed by atoms with Crippen molar-refractivity contribution in [3.8, 4) is 5.75 Å². The van der Waals surface area contributed by atoms with E-state index < -0.39 is 27.8 Å². The molecule has 0 spiro atoms. The molecule has 32 heavy (non-hydrogen) atoms. The molecular weight excluding hydrogens is 437 g/mol. The predicted molar refractivity (Wildman–Crippen MR) is 120 cm³/mol. The summed E-state index contributed by atoms with van der Waals surface area (Å²) in [5, 5.41) is 2.62. The number of methoxy groups -OCH3 is 1.